The van der Waals surface area contributed by atoms with Crippen LogP contribution in [0.3, 0.4) is 0 Å². The maximum absolute atomic E-state index is 5.52. The number of hydrogen-bond donors (Lipinski definition) is 2. The lowest BCUT2D eigenvalue weighted by Gasteiger charge is -2.25. The molecule has 1 aromatic heterocycles. The number of aromatic nitrogens is 2. The Labute approximate surface area is 114 Å². The van der Waals surface area contributed by atoms with Gasteiger partial charge in [0.05, 0.1) is 12.6 Å². The molecule has 19 heavy (non-hydrogen) atoms. The molecule has 1 aromatic rings. The number of ether oxygens (including phenoxy) is 1. The Morgan fingerprint density at radius 1 is 1.16 bits per heavy atom. The first kappa shape index (κ1) is 12.7. The summed E-state index contributed by atoms with van der Waals surface area (Å²) in [6.07, 6.45) is 4.71. The van der Waals surface area contributed by atoms with Crippen LogP contribution in [0.25, 0.3) is 0 Å². The van der Waals surface area contributed by atoms with Crippen molar-refractivity contribution in [2.75, 3.05) is 30.9 Å². The van der Waals surface area contributed by atoms with Crippen molar-refractivity contribution in [1.29, 1.82) is 0 Å². The molecule has 1 saturated heterocycles. The van der Waals surface area contributed by atoms with Crippen LogP contribution in [0.4, 0.5) is 11.6 Å². The number of nitrogens with zero attached hydrogens (tertiary/aromatic N) is 2. The molecule has 5 nitrogen and oxygen atoms in total. The van der Waals surface area contributed by atoms with Gasteiger partial charge in [-0.15, -0.1) is 0 Å². The van der Waals surface area contributed by atoms with E-state index < -0.39 is 0 Å². The number of hydrogen-bond acceptors (Lipinski definition) is 5. The molecule has 104 valence electrons. The van der Waals surface area contributed by atoms with Gasteiger partial charge in [-0.3, -0.25) is 0 Å². The van der Waals surface area contributed by atoms with E-state index in [4.69, 9.17) is 9.72 Å². The lowest BCUT2D eigenvalue weighted by Crippen LogP contribution is -2.31. The van der Waals surface area contributed by atoms with Gasteiger partial charge in [0, 0.05) is 25.1 Å². The van der Waals surface area contributed by atoms with Crippen LogP contribution in [0.5, 0.6) is 0 Å². The number of anilines is 2. The van der Waals surface area contributed by atoms with E-state index in [0.29, 0.717) is 12.0 Å². The molecule has 2 N–H and O–H groups in total. The minimum absolute atomic E-state index is 0.374. The first-order chi connectivity index (χ1) is 9.28. The van der Waals surface area contributed by atoms with Gasteiger partial charge in [-0.2, -0.15) is 0 Å². The summed E-state index contributed by atoms with van der Waals surface area (Å²) in [6.45, 7) is 3.72. The Morgan fingerprint density at radius 3 is 2.58 bits per heavy atom. The summed E-state index contributed by atoms with van der Waals surface area (Å²) < 4.78 is 5.52. The van der Waals surface area contributed by atoms with Crippen molar-refractivity contribution in [3.63, 3.8) is 0 Å². The van der Waals surface area contributed by atoms with Crippen LogP contribution in [0.2, 0.25) is 0 Å². The third-order valence-corrected chi connectivity index (χ3v) is 3.84. The molecule has 1 saturated carbocycles. The van der Waals surface area contributed by atoms with Gasteiger partial charge in [0.15, 0.2) is 0 Å². The molecule has 0 radical (unpaired) electrons. The van der Waals surface area contributed by atoms with Gasteiger partial charge in [-0.1, -0.05) is 0 Å². The van der Waals surface area contributed by atoms with Crippen LogP contribution in [-0.4, -0.2) is 36.3 Å². The molecule has 0 amide bonds. The zero-order chi connectivity index (χ0) is 13.2. The second-order valence-electron chi connectivity index (χ2n) is 5.49. The van der Waals surface area contributed by atoms with Gasteiger partial charge in [0.1, 0.15) is 17.5 Å². The maximum atomic E-state index is 5.52. The van der Waals surface area contributed by atoms with Crippen molar-refractivity contribution in [3.05, 3.63) is 11.4 Å². The van der Waals surface area contributed by atoms with E-state index in [1.807, 2.05) is 7.05 Å². The second kappa shape index (κ2) is 5.33. The third-order valence-electron chi connectivity index (χ3n) is 3.84. The Balaban J connectivity index is 1.83. The van der Waals surface area contributed by atoms with E-state index in [1.54, 1.807) is 0 Å². The fourth-order valence-electron chi connectivity index (χ4n) is 2.49. The summed E-state index contributed by atoms with van der Waals surface area (Å²) in [7, 11) is 1.92. The van der Waals surface area contributed by atoms with Gasteiger partial charge in [0.2, 0.25) is 0 Å². The van der Waals surface area contributed by atoms with Crippen molar-refractivity contribution in [2.24, 2.45) is 0 Å². The standard InChI is InChI=1S/C14H22N4O/c1-9-12(15-2)17-14(10-5-6-10)18-13(9)16-11-4-3-7-19-8-11/h10-11H,3-8H2,1-2H3,(H2,15,16,17,18). The van der Waals surface area contributed by atoms with Gasteiger partial charge in [-0.05, 0) is 32.6 Å². The summed E-state index contributed by atoms with van der Waals surface area (Å²) in [4.78, 5) is 9.33. The summed E-state index contributed by atoms with van der Waals surface area (Å²) in [6, 6.07) is 0.374. The third kappa shape index (κ3) is 2.81. The highest BCUT2D eigenvalue weighted by atomic mass is 16.5. The molecule has 2 aliphatic rings. The molecule has 2 heterocycles. The van der Waals surface area contributed by atoms with Gasteiger partial charge >= 0.3 is 0 Å². The van der Waals surface area contributed by atoms with Crippen molar-refractivity contribution in [1.82, 2.24) is 9.97 Å². The van der Waals surface area contributed by atoms with E-state index in [0.717, 1.165) is 49.1 Å². The van der Waals surface area contributed by atoms with E-state index in [-0.39, 0.29) is 0 Å². The zero-order valence-electron chi connectivity index (χ0n) is 11.7. The average Bonchev–Trinajstić information content (AvgIpc) is 3.27. The summed E-state index contributed by atoms with van der Waals surface area (Å²) >= 11 is 0. The molecule has 1 atom stereocenters. The van der Waals surface area contributed by atoms with Gasteiger partial charge in [0.25, 0.3) is 0 Å². The highest BCUT2D eigenvalue weighted by Gasteiger charge is 2.28. The summed E-state index contributed by atoms with van der Waals surface area (Å²) in [5.74, 6) is 3.46. The van der Waals surface area contributed by atoms with Crippen molar-refractivity contribution >= 4 is 11.6 Å². The van der Waals surface area contributed by atoms with Crippen molar-refractivity contribution in [3.8, 4) is 0 Å². The lowest BCUT2D eigenvalue weighted by molar-refractivity contribution is 0.0875. The Morgan fingerprint density at radius 2 is 1.95 bits per heavy atom. The fraction of sp³-hybridized carbons (Fsp3) is 0.714. The molecule has 2 fully saturated rings. The summed E-state index contributed by atoms with van der Waals surface area (Å²) in [5, 5.41) is 6.70. The molecule has 1 unspecified atom stereocenters. The van der Waals surface area contributed by atoms with Crippen LogP contribution in [0.15, 0.2) is 0 Å². The maximum Gasteiger partial charge on any atom is 0.136 e. The first-order valence-corrected chi connectivity index (χ1v) is 7.18. The monoisotopic (exact) mass is 262 g/mol. The quantitative estimate of drug-likeness (QED) is 0.872. The highest BCUT2D eigenvalue weighted by Crippen LogP contribution is 2.39. The molecule has 1 aliphatic carbocycles. The van der Waals surface area contributed by atoms with Crippen LogP contribution < -0.4 is 10.6 Å². The molecule has 0 bridgehead atoms. The van der Waals surface area contributed by atoms with Crippen LogP contribution >= 0.6 is 0 Å². The largest absolute Gasteiger partial charge is 0.379 e. The Kier molecular flexibility index (Phi) is 3.55. The Bertz CT molecular complexity index is 453. The van der Waals surface area contributed by atoms with Crippen molar-refractivity contribution in [2.45, 2.75) is 44.6 Å². The number of nitrogens with one attached hydrogen (secondary N) is 2. The highest BCUT2D eigenvalue weighted by molar-refractivity contribution is 5.57. The van der Waals surface area contributed by atoms with E-state index in [9.17, 15) is 0 Å². The molecule has 0 spiro atoms. The zero-order valence-corrected chi connectivity index (χ0v) is 11.7. The van der Waals surface area contributed by atoms with Crippen LogP contribution in [0, 0.1) is 6.92 Å². The lowest BCUT2D eigenvalue weighted by atomic mass is 10.1. The molecule has 0 aromatic carbocycles. The summed E-state index contributed by atoms with van der Waals surface area (Å²) in [5.41, 5.74) is 1.09. The molecular formula is C14H22N4O. The van der Waals surface area contributed by atoms with Gasteiger partial charge in [-0.25, -0.2) is 9.97 Å². The topological polar surface area (TPSA) is 59.1 Å². The SMILES string of the molecule is CNc1nc(C2CC2)nc(NC2CCCOC2)c1C. The predicted molar refractivity (Wildman–Crippen MR) is 75.8 cm³/mol. The van der Waals surface area contributed by atoms with Crippen molar-refractivity contribution < 1.29 is 4.74 Å². The molecule has 3 rings (SSSR count). The smallest absolute Gasteiger partial charge is 0.136 e. The van der Waals surface area contributed by atoms with E-state index in [2.05, 4.69) is 22.5 Å². The van der Waals surface area contributed by atoms with E-state index in [1.165, 1.54) is 12.8 Å². The minimum atomic E-state index is 0.374. The van der Waals surface area contributed by atoms with E-state index >= 15 is 0 Å². The predicted octanol–water partition coefficient (Wildman–Crippen LogP) is 2.30. The Hall–Kier alpha value is -1.36. The fourth-order valence-corrected chi connectivity index (χ4v) is 2.49. The normalized spacial score (nSPS) is 23.2. The number of rotatable bonds is 4. The second-order valence-corrected chi connectivity index (χ2v) is 5.49. The molecular weight excluding hydrogens is 240 g/mol. The van der Waals surface area contributed by atoms with Crippen LogP contribution in [-0.2, 0) is 4.74 Å². The molecule has 1 aliphatic heterocycles. The minimum Gasteiger partial charge on any atom is -0.379 e. The molecule has 5 heteroatoms. The van der Waals surface area contributed by atoms with Gasteiger partial charge < -0.3 is 15.4 Å². The first-order valence-electron chi connectivity index (χ1n) is 7.18. The average molecular weight is 262 g/mol. The van der Waals surface area contributed by atoms with Crippen LogP contribution in [0.1, 0.15) is 43.0 Å².